The summed E-state index contributed by atoms with van der Waals surface area (Å²) in [6, 6.07) is 10.2. The van der Waals surface area contributed by atoms with Crippen molar-refractivity contribution in [3.05, 3.63) is 59.7 Å². The van der Waals surface area contributed by atoms with E-state index < -0.39 is 11.6 Å². The molecule has 0 saturated carbocycles. The zero-order valence-corrected chi connectivity index (χ0v) is 13.0. The van der Waals surface area contributed by atoms with Gasteiger partial charge < -0.3 is 15.4 Å². The fourth-order valence-corrected chi connectivity index (χ4v) is 2.60. The maximum Gasteiger partial charge on any atom is 0.251 e. The SMILES string of the molecule is O=C(NCC1CCCN1)c1ccc(Oc2ccc(F)c(F)c2)cc1. The molecular formula is C18H18F2N2O2. The molecule has 0 aromatic heterocycles. The second-order valence-electron chi connectivity index (χ2n) is 5.71. The molecule has 1 fully saturated rings. The number of hydrogen-bond acceptors (Lipinski definition) is 3. The Morgan fingerprint density at radius 3 is 2.54 bits per heavy atom. The van der Waals surface area contributed by atoms with Gasteiger partial charge in [-0.3, -0.25) is 4.79 Å². The molecule has 2 aromatic carbocycles. The number of nitrogens with one attached hydrogen (secondary N) is 2. The summed E-state index contributed by atoms with van der Waals surface area (Å²) in [5.41, 5.74) is 0.519. The topological polar surface area (TPSA) is 50.4 Å². The molecule has 4 nitrogen and oxygen atoms in total. The van der Waals surface area contributed by atoms with E-state index in [9.17, 15) is 13.6 Å². The molecule has 1 aliphatic heterocycles. The lowest BCUT2D eigenvalue weighted by Crippen LogP contribution is -2.37. The van der Waals surface area contributed by atoms with Crippen LogP contribution < -0.4 is 15.4 Å². The number of ether oxygens (including phenoxy) is 1. The minimum atomic E-state index is -0.968. The van der Waals surface area contributed by atoms with E-state index in [-0.39, 0.29) is 11.7 Å². The third-order valence-electron chi connectivity index (χ3n) is 3.91. The van der Waals surface area contributed by atoms with E-state index in [1.54, 1.807) is 24.3 Å². The molecule has 2 N–H and O–H groups in total. The van der Waals surface area contributed by atoms with Gasteiger partial charge in [0, 0.05) is 24.2 Å². The molecule has 1 aliphatic rings. The molecular weight excluding hydrogens is 314 g/mol. The summed E-state index contributed by atoms with van der Waals surface area (Å²) in [5.74, 6) is -1.41. The van der Waals surface area contributed by atoms with Crippen LogP contribution in [0.4, 0.5) is 8.78 Å². The normalized spacial score (nSPS) is 16.8. The molecule has 1 heterocycles. The Kier molecular flexibility index (Phi) is 5.05. The zero-order chi connectivity index (χ0) is 16.9. The average molecular weight is 332 g/mol. The van der Waals surface area contributed by atoms with Crippen molar-refractivity contribution in [1.82, 2.24) is 10.6 Å². The Morgan fingerprint density at radius 1 is 1.12 bits per heavy atom. The molecule has 0 bridgehead atoms. The molecule has 24 heavy (non-hydrogen) atoms. The highest BCUT2D eigenvalue weighted by atomic mass is 19.2. The Balaban J connectivity index is 1.57. The summed E-state index contributed by atoms with van der Waals surface area (Å²) >= 11 is 0. The summed E-state index contributed by atoms with van der Waals surface area (Å²) in [6.07, 6.45) is 2.21. The number of carbonyl (C=O) groups is 1. The van der Waals surface area contributed by atoms with E-state index in [4.69, 9.17) is 4.74 Å². The van der Waals surface area contributed by atoms with Crippen molar-refractivity contribution >= 4 is 5.91 Å². The fourth-order valence-electron chi connectivity index (χ4n) is 2.60. The molecule has 0 radical (unpaired) electrons. The zero-order valence-electron chi connectivity index (χ0n) is 13.0. The third kappa shape index (κ3) is 4.08. The monoisotopic (exact) mass is 332 g/mol. The highest BCUT2D eigenvalue weighted by Crippen LogP contribution is 2.23. The Hall–Kier alpha value is -2.47. The lowest BCUT2D eigenvalue weighted by atomic mass is 10.2. The molecule has 2 aromatic rings. The number of hydrogen-bond donors (Lipinski definition) is 2. The van der Waals surface area contributed by atoms with Gasteiger partial charge in [0.05, 0.1) is 0 Å². The maximum atomic E-state index is 13.2. The number of benzene rings is 2. The van der Waals surface area contributed by atoms with Crippen LogP contribution in [0.5, 0.6) is 11.5 Å². The lowest BCUT2D eigenvalue weighted by molar-refractivity contribution is 0.0950. The first-order valence-electron chi connectivity index (χ1n) is 7.86. The van der Waals surface area contributed by atoms with Crippen molar-refractivity contribution < 1.29 is 18.3 Å². The van der Waals surface area contributed by atoms with Crippen LogP contribution in [-0.2, 0) is 0 Å². The predicted molar refractivity (Wildman–Crippen MR) is 86.2 cm³/mol. The molecule has 126 valence electrons. The van der Waals surface area contributed by atoms with Gasteiger partial charge in [-0.2, -0.15) is 0 Å². The van der Waals surface area contributed by atoms with E-state index in [0.717, 1.165) is 31.5 Å². The third-order valence-corrected chi connectivity index (χ3v) is 3.91. The van der Waals surface area contributed by atoms with Crippen LogP contribution >= 0.6 is 0 Å². The molecule has 0 aliphatic carbocycles. The van der Waals surface area contributed by atoms with Crippen LogP contribution in [0.25, 0.3) is 0 Å². The molecule has 1 unspecified atom stereocenters. The molecule has 6 heteroatoms. The largest absolute Gasteiger partial charge is 0.457 e. The first kappa shape index (κ1) is 16.4. The van der Waals surface area contributed by atoms with Gasteiger partial charge in [0.25, 0.3) is 5.91 Å². The summed E-state index contributed by atoms with van der Waals surface area (Å²) in [4.78, 5) is 12.1. The fraction of sp³-hybridized carbons (Fsp3) is 0.278. The van der Waals surface area contributed by atoms with Gasteiger partial charge in [-0.25, -0.2) is 8.78 Å². The van der Waals surface area contributed by atoms with Crippen molar-refractivity contribution in [3.63, 3.8) is 0 Å². The van der Waals surface area contributed by atoms with Crippen molar-refractivity contribution in [2.75, 3.05) is 13.1 Å². The Bertz CT molecular complexity index is 713. The van der Waals surface area contributed by atoms with Gasteiger partial charge in [0.2, 0.25) is 0 Å². The number of halogens is 2. The van der Waals surface area contributed by atoms with Gasteiger partial charge in [0.1, 0.15) is 11.5 Å². The maximum absolute atomic E-state index is 13.2. The first-order valence-corrected chi connectivity index (χ1v) is 7.86. The number of amides is 1. The van der Waals surface area contributed by atoms with Gasteiger partial charge in [0.15, 0.2) is 11.6 Å². The molecule has 1 amide bonds. The number of rotatable bonds is 5. The minimum absolute atomic E-state index is 0.150. The van der Waals surface area contributed by atoms with Gasteiger partial charge in [-0.1, -0.05) is 0 Å². The highest BCUT2D eigenvalue weighted by molar-refractivity contribution is 5.94. The lowest BCUT2D eigenvalue weighted by Gasteiger charge is -2.12. The minimum Gasteiger partial charge on any atom is -0.457 e. The smallest absolute Gasteiger partial charge is 0.251 e. The van der Waals surface area contributed by atoms with Crippen molar-refractivity contribution in [3.8, 4) is 11.5 Å². The van der Waals surface area contributed by atoms with Crippen molar-refractivity contribution in [1.29, 1.82) is 0 Å². The highest BCUT2D eigenvalue weighted by Gasteiger charge is 2.15. The van der Waals surface area contributed by atoms with E-state index in [1.807, 2.05) is 0 Å². The molecule has 3 rings (SSSR count). The van der Waals surface area contributed by atoms with E-state index >= 15 is 0 Å². The van der Waals surface area contributed by atoms with Crippen LogP contribution in [0.3, 0.4) is 0 Å². The summed E-state index contributed by atoms with van der Waals surface area (Å²) in [7, 11) is 0. The van der Waals surface area contributed by atoms with E-state index in [2.05, 4.69) is 10.6 Å². The van der Waals surface area contributed by atoms with Crippen molar-refractivity contribution in [2.45, 2.75) is 18.9 Å². The summed E-state index contributed by atoms with van der Waals surface area (Å²) < 4.78 is 31.5. The number of carbonyl (C=O) groups excluding carboxylic acids is 1. The standard InChI is InChI=1S/C18H18F2N2O2/c19-16-8-7-15(10-17(16)20)24-14-5-3-12(4-6-14)18(23)22-11-13-2-1-9-21-13/h3-8,10,13,21H,1-2,9,11H2,(H,22,23). The van der Waals surface area contributed by atoms with Gasteiger partial charge in [-0.05, 0) is 55.8 Å². The Labute approximate surface area is 138 Å². The molecule has 1 atom stereocenters. The first-order chi connectivity index (χ1) is 11.6. The van der Waals surface area contributed by atoms with Crippen LogP contribution in [0.1, 0.15) is 23.2 Å². The quantitative estimate of drug-likeness (QED) is 0.884. The second kappa shape index (κ2) is 7.40. The van der Waals surface area contributed by atoms with Crippen LogP contribution in [-0.4, -0.2) is 25.0 Å². The summed E-state index contributed by atoms with van der Waals surface area (Å²) in [5, 5.41) is 6.21. The van der Waals surface area contributed by atoms with Crippen LogP contribution in [0.15, 0.2) is 42.5 Å². The van der Waals surface area contributed by atoms with Gasteiger partial charge in [-0.15, -0.1) is 0 Å². The van der Waals surface area contributed by atoms with E-state index in [1.165, 1.54) is 6.07 Å². The Morgan fingerprint density at radius 2 is 1.88 bits per heavy atom. The van der Waals surface area contributed by atoms with E-state index in [0.29, 0.717) is 23.9 Å². The summed E-state index contributed by atoms with van der Waals surface area (Å²) in [6.45, 7) is 1.60. The van der Waals surface area contributed by atoms with Crippen LogP contribution in [0, 0.1) is 11.6 Å². The van der Waals surface area contributed by atoms with Crippen molar-refractivity contribution in [2.24, 2.45) is 0 Å². The molecule has 1 saturated heterocycles. The second-order valence-corrected chi connectivity index (χ2v) is 5.71. The molecule has 0 spiro atoms. The average Bonchev–Trinajstić information content (AvgIpc) is 3.10. The van der Waals surface area contributed by atoms with Gasteiger partial charge >= 0.3 is 0 Å². The predicted octanol–water partition coefficient (Wildman–Crippen LogP) is 3.24. The van der Waals surface area contributed by atoms with Crippen LogP contribution in [0.2, 0.25) is 0 Å².